The number of H-pyrrole nitrogens is 1. The number of aromatic amines is 1. The number of alkyl halides is 3. The molecule has 0 bridgehead atoms. The van der Waals surface area contributed by atoms with Gasteiger partial charge in [-0.1, -0.05) is 44.2 Å². The Morgan fingerprint density at radius 3 is 2.37 bits per heavy atom. The molecule has 1 aromatic heterocycles. The van der Waals surface area contributed by atoms with E-state index in [4.69, 9.17) is 0 Å². The van der Waals surface area contributed by atoms with Crippen molar-refractivity contribution in [3.8, 4) is 0 Å². The number of aromatic nitrogens is 1. The maximum atomic E-state index is 13.4. The molecule has 0 spiro atoms. The van der Waals surface area contributed by atoms with Crippen molar-refractivity contribution in [3.05, 3.63) is 71.4 Å². The van der Waals surface area contributed by atoms with Gasteiger partial charge in [0.25, 0.3) is 0 Å². The van der Waals surface area contributed by atoms with E-state index in [2.05, 4.69) is 4.98 Å². The molecule has 35 heavy (non-hydrogen) atoms. The molecule has 0 radical (unpaired) electrons. The topological polar surface area (TPSA) is 56.4 Å². The van der Waals surface area contributed by atoms with Gasteiger partial charge in [0.2, 0.25) is 11.8 Å². The summed E-state index contributed by atoms with van der Waals surface area (Å²) in [5, 5.41) is 1.07. The van der Waals surface area contributed by atoms with Crippen LogP contribution < -0.4 is 0 Å². The van der Waals surface area contributed by atoms with Crippen molar-refractivity contribution >= 4 is 22.7 Å². The molecule has 0 atom stereocenters. The van der Waals surface area contributed by atoms with Crippen molar-refractivity contribution in [1.29, 1.82) is 0 Å². The minimum atomic E-state index is -4.41. The summed E-state index contributed by atoms with van der Waals surface area (Å²) in [6.45, 7) is 4.18. The van der Waals surface area contributed by atoms with Crippen LogP contribution in [0.5, 0.6) is 0 Å². The van der Waals surface area contributed by atoms with Crippen LogP contribution >= 0.6 is 0 Å². The summed E-state index contributed by atoms with van der Waals surface area (Å²) in [4.78, 5) is 32.7. The van der Waals surface area contributed by atoms with E-state index in [-0.39, 0.29) is 36.9 Å². The van der Waals surface area contributed by atoms with Crippen LogP contribution in [0, 0.1) is 5.92 Å². The van der Waals surface area contributed by atoms with Gasteiger partial charge in [-0.3, -0.25) is 9.59 Å². The highest BCUT2D eigenvalue weighted by atomic mass is 19.4. The summed E-state index contributed by atoms with van der Waals surface area (Å²) in [5.41, 5.74) is 1.95. The normalized spacial score (nSPS) is 13.9. The fraction of sp³-hybridized carbons (Fsp3) is 0.407. The van der Waals surface area contributed by atoms with Crippen molar-refractivity contribution in [3.63, 3.8) is 0 Å². The van der Waals surface area contributed by atoms with Crippen molar-refractivity contribution in [2.45, 2.75) is 51.9 Å². The molecule has 0 unspecified atom stereocenters. The third kappa shape index (κ3) is 6.05. The molecule has 3 aromatic rings. The van der Waals surface area contributed by atoms with Crippen LogP contribution in [-0.4, -0.2) is 45.7 Å². The molecule has 1 N–H and O–H groups in total. The van der Waals surface area contributed by atoms with Crippen molar-refractivity contribution in [2.24, 2.45) is 5.92 Å². The molecule has 1 heterocycles. The molecule has 8 heteroatoms. The summed E-state index contributed by atoms with van der Waals surface area (Å²) in [6.07, 6.45) is -0.131. The first kappa shape index (κ1) is 24.8. The average Bonchev–Trinajstić information content (AvgIpc) is 3.59. The van der Waals surface area contributed by atoms with Gasteiger partial charge in [-0.25, -0.2) is 0 Å². The molecule has 0 saturated heterocycles. The lowest BCUT2D eigenvalue weighted by atomic mass is 10.1. The lowest BCUT2D eigenvalue weighted by molar-refractivity contribution is -0.143. The molecule has 186 valence electrons. The molecule has 1 fully saturated rings. The number of benzene rings is 2. The Kier molecular flexibility index (Phi) is 7.19. The fourth-order valence-corrected chi connectivity index (χ4v) is 4.26. The Balaban J connectivity index is 1.53. The van der Waals surface area contributed by atoms with E-state index in [0.717, 1.165) is 41.4 Å². The fourth-order valence-electron chi connectivity index (χ4n) is 4.26. The smallest absolute Gasteiger partial charge is 0.361 e. The zero-order chi connectivity index (χ0) is 25.2. The summed E-state index contributed by atoms with van der Waals surface area (Å²) in [7, 11) is 0. The molecule has 4 rings (SSSR count). The Labute approximate surface area is 202 Å². The summed E-state index contributed by atoms with van der Waals surface area (Å²) in [5.74, 6) is -0.462. The van der Waals surface area contributed by atoms with E-state index in [0.29, 0.717) is 18.5 Å². The average molecular weight is 486 g/mol. The summed E-state index contributed by atoms with van der Waals surface area (Å²) >= 11 is 0. The summed E-state index contributed by atoms with van der Waals surface area (Å²) < 4.78 is 38.9. The van der Waals surface area contributed by atoms with Crippen LogP contribution in [0.1, 0.15) is 43.4 Å². The van der Waals surface area contributed by atoms with Gasteiger partial charge in [-0.2, -0.15) is 13.2 Å². The number of rotatable bonds is 9. The second kappa shape index (κ2) is 10.1. The van der Waals surface area contributed by atoms with E-state index in [1.54, 1.807) is 9.80 Å². The van der Waals surface area contributed by atoms with Crippen molar-refractivity contribution in [1.82, 2.24) is 14.8 Å². The van der Waals surface area contributed by atoms with Gasteiger partial charge in [-0.05, 0) is 48.6 Å². The molecule has 1 aliphatic rings. The van der Waals surface area contributed by atoms with Crippen LogP contribution in [0.15, 0.2) is 54.7 Å². The molecule has 1 aliphatic carbocycles. The van der Waals surface area contributed by atoms with Crippen LogP contribution in [0.2, 0.25) is 0 Å². The van der Waals surface area contributed by atoms with E-state index >= 15 is 0 Å². The van der Waals surface area contributed by atoms with Gasteiger partial charge in [0.05, 0.1) is 5.56 Å². The third-order valence-electron chi connectivity index (χ3n) is 6.40. The number of para-hydroxylation sites is 1. The van der Waals surface area contributed by atoms with Crippen LogP contribution in [0.3, 0.4) is 0 Å². The van der Waals surface area contributed by atoms with E-state index in [1.165, 1.54) is 12.1 Å². The standard InChI is InChI=1S/C27H30F3N3O2/c1-18(2)26(35)33(22-11-12-22)17-25(34)32(16-19-7-9-21(10-8-19)27(28,29)30)14-13-20-15-31-24-6-4-3-5-23(20)24/h3-10,15,18,22,31H,11-14,16-17H2,1-2H3. The number of carbonyl (C=O) groups excluding carboxylic acids is 2. The number of nitrogens with zero attached hydrogens (tertiary/aromatic N) is 2. The second-order valence-corrected chi connectivity index (χ2v) is 9.47. The zero-order valence-electron chi connectivity index (χ0n) is 19.9. The summed E-state index contributed by atoms with van der Waals surface area (Å²) in [6, 6.07) is 12.9. The minimum absolute atomic E-state index is 0.0177. The molecular weight excluding hydrogens is 455 g/mol. The molecule has 5 nitrogen and oxygen atoms in total. The number of hydrogen-bond acceptors (Lipinski definition) is 2. The lowest BCUT2D eigenvalue weighted by Gasteiger charge is -2.29. The number of halogens is 3. The van der Waals surface area contributed by atoms with E-state index in [1.807, 2.05) is 44.3 Å². The lowest BCUT2D eigenvalue weighted by Crippen LogP contribution is -2.45. The van der Waals surface area contributed by atoms with Crippen LogP contribution in [-0.2, 0) is 28.7 Å². The highest BCUT2D eigenvalue weighted by Crippen LogP contribution is 2.30. The first-order valence-electron chi connectivity index (χ1n) is 11.9. The van der Waals surface area contributed by atoms with Gasteiger partial charge >= 0.3 is 6.18 Å². The highest BCUT2D eigenvalue weighted by Gasteiger charge is 2.35. The first-order chi connectivity index (χ1) is 16.6. The Morgan fingerprint density at radius 2 is 1.74 bits per heavy atom. The molecule has 2 aromatic carbocycles. The Bertz CT molecular complexity index is 1180. The Hall–Kier alpha value is -3.29. The van der Waals surface area contributed by atoms with E-state index in [9.17, 15) is 22.8 Å². The quantitative estimate of drug-likeness (QED) is 0.441. The maximum absolute atomic E-state index is 13.4. The second-order valence-electron chi connectivity index (χ2n) is 9.47. The van der Waals surface area contributed by atoms with Gasteiger partial charge in [0.1, 0.15) is 6.54 Å². The number of nitrogens with one attached hydrogen (secondary N) is 1. The molecular formula is C27H30F3N3O2. The van der Waals surface area contributed by atoms with Crippen molar-refractivity contribution < 1.29 is 22.8 Å². The van der Waals surface area contributed by atoms with Crippen molar-refractivity contribution in [2.75, 3.05) is 13.1 Å². The number of amides is 2. The Morgan fingerprint density at radius 1 is 1.06 bits per heavy atom. The monoisotopic (exact) mass is 485 g/mol. The largest absolute Gasteiger partial charge is 0.416 e. The highest BCUT2D eigenvalue weighted by molar-refractivity contribution is 5.86. The van der Waals surface area contributed by atoms with Crippen LogP contribution in [0.4, 0.5) is 13.2 Å². The first-order valence-corrected chi connectivity index (χ1v) is 11.9. The molecule has 1 saturated carbocycles. The zero-order valence-corrected chi connectivity index (χ0v) is 19.9. The minimum Gasteiger partial charge on any atom is -0.361 e. The van der Waals surface area contributed by atoms with Gasteiger partial charge < -0.3 is 14.8 Å². The van der Waals surface area contributed by atoms with Crippen LogP contribution in [0.25, 0.3) is 10.9 Å². The third-order valence-corrected chi connectivity index (χ3v) is 6.40. The van der Waals surface area contributed by atoms with Gasteiger partial charge in [0.15, 0.2) is 0 Å². The predicted octanol–water partition coefficient (Wildman–Crippen LogP) is 5.41. The number of carbonyl (C=O) groups is 2. The van der Waals surface area contributed by atoms with E-state index < -0.39 is 11.7 Å². The number of fused-ring (bicyclic) bond motifs is 1. The number of hydrogen-bond donors (Lipinski definition) is 1. The van der Waals surface area contributed by atoms with Gasteiger partial charge in [-0.15, -0.1) is 0 Å². The SMILES string of the molecule is CC(C)C(=O)N(CC(=O)N(CCc1c[nH]c2ccccc12)Cc1ccc(C(F)(F)F)cc1)C1CC1. The maximum Gasteiger partial charge on any atom is 0.416 e. The molecule has 2 amide bonds. The van der Waals surface area contributed by atoms with Gasteiger partial charge in [0, 0.05) is 42.1 Å². The molecule has 0 aliphatic heterocycles. The predicted molar refractivity (Wildman–Crippen MR) is 128 cm³/mol.